The maximum atomic E-state index is 12.0. The topological polar surface area (TPSA) is 91.4 Å². The molecule has 2 N–H and O–H groups in total. The number of thiazole rings is 1. The fraction of sp³-hybridized carbons (Fsp3) is 0.571. The fourth-order valence-corrected chi connectivity index (χ4v) is 3.74. The highest BCUT2D eigenvalue weighted by molar-refractivity contribution is 7.15. The summed E-state index contributed by atoms with van der Waals surface area (Å²) in [5.74, 6) is -0.779. The van der Waals surface area contributed by atoms with Crippen LogP contribution >= 0.6 is 11.3 Å². The van der Waals surface area contributed by atoms with Crippen LogP contribution in [0.4, 0.5) is 9.93 Å². The van der Waals surface area contributed by atoms with E-state index in [1.807, 2.05) is 0 Å². The van der Waals surface area contributed by atoms with Crippen LogP contribution in [0.2, 0.25) is 0 Å². The number of fused-ring (bicyclic) bond motifs is 1. The molecule has 1 aromatic heterocycles. The molecule has 1 aliphatic carbocycles. The van der Waals surface area contributed by atoms with Gasteiger partial charge in [0.25, 0.3) is 5.91 Å². The first kappa shape index (κ1) is 15.0. The van der Waals surface area contributed by atoms with Crippen LogP contribution in [0.3, 0.4) is 0 Å². The van der Waals surface area contributed by atoms with Crippen LogP contribution in [0.25, 0.3) is 0 Å². The van der Waals surface area contributed by atoms with Gasteiger partial charge in [-0.05, 0) is 25.7 Å². The van der Waals surface area contributed by atoms with Crippen molar-refractivity contribution < 1.29 is 14.4 Å². The number of urea groups is 1. The van der Waals surface area contributed by atoms with Gasteiger partial charge in [0.05, 0.1) is 12.2 Å². The quantitative estimate of drug-likeness (QED) is 0.820. The summed E-state index contributed by atoms with van der Waals surface area (Å²) in [5, 5.41) is 5.65. The Kier molecular flexibility index (Phi) is 4.37. The molecule has 22 heavy (non-hydrogen) atoms. The molecule has 1 aliphatic heterocycles. The van der Waals surface area contributed by atoms with Gasteiger partial charge in [0, 0.05) is 4.88 Å². The van der Waals surface area contributed by atoms with Crippen LogP contribution in [0.5, 0.6) is 0 Å². The number of carbonyl (C=O) groups is 3. The number of hydrogen-bond donors (Lipinski definition) is 2. The van der Waals surface area contributed by atoms with E-state index in [4.69, 9.17) is 0 Å². The molecule has 2 heterocycles. The van der Waals surface area contributed by atoms with Crippen LogP contribution in [-0.4, -0.2) is 40.8 Å². The van der Waals surface area contributed by atoms with E-state index >= 15 is 0 Å². The summed E-state index contributed by atoms with van der Waals surface area (Å²) in [6, 6.07) is -0.522. The van der Waals surface area contributed by atoms with Crippen molar-refractivity contribution in [2.45, 2.75) is 38.5 Å². The van der Waals surface area contributed by atoms with Gasteiger partial charge >= 0.3 is 6.03 Å². The number of nitrogens with one attached hydrogen (secondary N) is 2. The van der Waals surface area contributed by atoms with Crippen molar-refractivity contribution in [2.75, 3.05) is 18.4 Å². The summed E-state index contributed by atoms with van der Waals surface area (Å²) in [5.41, 5.74) is 1.08. The van der Waals surface area contributed by atoms with E-state index < -0.39 is 11.9 Å². The molecule has 4 amide bonds. The number of aryl methyl sites for hydroxylation is 2. The molecule has 1 saturated heterocycles. The van der Waals surface area contributed by atoms with E-state index in [1.54, 1.807) is 0 Å². The third kappa shape index (κ3) is 3.27. The number of rotatable bonds is 3. The fourth-order valence-electron chi connectivity index (χ4n) is 2.68. The lowest BCUT2D eigenvalue weighted by Crippen LogP contribution is -2.38. The second kappa shape index (κ2) is 6.43. The van der Waals surface area contributed by atoms with Crippen molar-refractivity contribution in [3.63, 3.8) is 0 Å². The molecule has 2 aliphatic rings. The molecule has 0 bridgehead atoms. The number of amides is 4. The number of carbonyl (C=O) groups excluding carboxylic acids is 3. The minimum absolute atomic E-state index is 0.0440. The summed E-state index contributed by atoms with van der Waals surface area (Å²) in [6.45, 7) is -0.313. The molecule has 1 aromatic rings. The van der Waals surface area contributed by atoms with Crippen molar-refractivity contribution in [3.05, 3.63) is 10.6 Å². The van der Waals surface area contributed by atoms with E-state index in [2.05, 4.69) is 15.6 Å². The van der Waals surface area contributed by atoms with Gasteiger partial charge in [-0.2, -0.15) is 0 Å². The van der Waals surface area contributed by atoms with Crippen molar-refractivity contribution in [3.8, 4) is 0 Å². The summed E-state index contributed by atoms with van der Waals surface area (Å²) in [4.78, 5) is 41.5. The molecule has 7 nitrogen and oxygen atoms in total. The summed E-state index contributed by atoms with van der Waals surface area (Å²) < 4.78 is 0. The molecule has 0 aromatic carbocycles. The Morgan fingerprint density at radius 1 is 1.23 bits per heavy atom. The highest BCUT2D eigenvalue weighted by Crippen LogP contribution is 2.28. The Labute approximate surface area is 132 Å². The number of nitrogens with zero attached hydrogens (tertiary/aromatic N) is 2. The Morgan fingerprint density at radius 3 is 2.73 bits per heavy atom. The lowest BCUT2D eigenvalue weighted by atomic mass is 10.0. The molecule has 0 unspecified atom stereocenters. The third-order valence-electron chi connectivity index (χ3n) is 3.83. The maximum absolute atomic E-state index is 12.0. The van der Waals surface area contributed by atoms with Crippen molar-refractivity contribution in [1.82, 2.24) is 15.2 Å². The van der Waals surface area contributed by atoms with Gasteiger partial charge in [0.15, 0.2) is 5.13 Å². The van der Waals surface area contributed by atoms with Crippen molar-refractivity contribution >= 4 is 34.3 Å². The largest absolute Gasteiger partial charge is 0.329 e. The van der Waals surface area contributed by atoms with Crippen molar-refractivity contribution in [2.24, 2.45) is 0 Å². The average molecular weight is 322 g/mol. The normalized spacial score (nSPS) is 18.5. The molecule has 0 atom stereocenters. The van der Waals surface area contributed by atoms with E-state index in [9.17, 15) is 14.4 Å². The highest BCUT2D eigenvalue weighted by Gasteiger charge is 2.30. The second-order valence-electron chi connectivity index (χ2n) is 5.49. The Bertz CT molecular complexity index is 572. The van der Waals surface area contributed by atoms with Crippen molar-refractivity contribution in [1.29, 1.82) is 0 Å². The molecule has 0 saturated carbocycles. The van der Waals surface area contributed by atoms with Gasteiger partial charge in [-0.1, -0.05) is 12.8 Å². The molecule has 8 heteroatoms. The van der Waals surface area contributed by atoms with E-state index in [-0.39, 0.29) is 19.0 Å². The monoisotopic (exact) mass is 322 g/mol. The zero-order valence-corrected chi connectivity index (χ0v) is 13.0. The van der Waals surface area contributed by atoms with Crippen LogP contribution in [0, 0.1) is 0 Å². The first-order valence-corrected chi connectivity index (χ1v) is 8.32. The van der Waals surface area contributed by atoms with E-state index in [0.29, 0.717) is 5.13 Å². The van der Waals surface area contributed by atoms with Gasteiger partial charge in [-0.3, -0.25) is 14.5 Å². The van der Waals surface area contributed by atoms with Gasteiger partial charge in [0.1, 0.15) is 6.54 Å². The third-order valence-corrected chi connectivity index (χ3v) is 4.90. The SMILES string of the molecule is O=C(CN1C(=O)CNC1=O)Nc1nc2c(s1)CCCCCC2. The minimum atomic E-state index is -0.522. The minimum Gasteiger partial charge on any atom is -0.329 e. The number of anilines is 1. The highest BCUT2D eigenvalue weighted by atomic mass is 32.1. The maximum Gasteiger partial charge on any atom is 0.325 e. The van der Waals surface area contributed by atoms with E-state index in [1.165, 1.54) is 29.1 Å². The number of hydrogen-bond acceptors (Lipinski definition) is 5. The van der Waals surface area contributed by atoms with Crippen LogP contribution in [0.1, 0.15) is 36.3 Å². The number of aromatic nitrogens is 1. The lowest BCUT2D eigenvalue weighted by molar-refractivity contribution is -0.128. The molecular weight excluding hydrogens is 304 g/mol. The molecule has 0 radical (unpaired) electrons. The zero-order valence-electron chi connectivity index (χ0n) is 12.2. The first-order valence-electron chi connectivity index (χ1n) is 7.50. The van der Waals surface area contributed by atoms with Gasteiger partial charge < -0.3 is 10.6 Å². The number of imide groups is 1. The molecule has 0 spiro atoms. The average Bonchev–Trinajstić information content (AvgIpc) is 2.96. The van der Waals surface area contributed by atoms with Gasteiger partial charge in [-0.25, -0.2) is 9.78 Å². The van der Waals surface area contributed by atoms with Crippen LogP contribution in [-0.2, 0) is 22.4 Å². The lowest BCUT2D eigenvalue weighted by Gasteiger charge is -2.10. The summed E-state index contributed by atoms with van der Waals surface area (Å²) in [6.07, 6.45) is 6.72. The smallest absolute Gasteiger partial charge is 0.325 e. The summed E-state index contributed by atoms with van der Waals surface area (Å²) >= 11 is 1.50. The van der Waals surface area contributed by atoms with E-state index in [0.717, 1.165) is 36.3 Å². The second-order valence-corrected chi connectivity index (χ2v) is 6.57. The van der Waals surface area contributed by atoms with Crippen LogP contribution in [0.15, 0.2) is 0 Å². The standard InChI is InChI=1S/C14H18N4O3S/c19-11(8-18-12(20)7-15-14(18)21)17-13-16-9-5-3-1-2-4-6-10(9)22-13/h1-8H2,(H,15,21)(H,16,17,19). The van der Waals surface area contributed by atoms with Crippen LogP contribution < -0.4 is 10.6 Å². The van der Waals surface area contributed by atoms with Gasteiger partial charge in [-0.15, -0.1) is 11.3 Å². The molecule has 1 fully saturated rings. The molecular formula is C14H18N4O3S. The first-order chi connectivity index (χ1) is 10.6. The zero-order chi connectivity index (χ0) is 15.5. The predicted molar refractivity (Wildman–Crippen MR) is 81.7 cm³/mol. The Balaban J connectivity index is 1.63. The molecule has 3 rings (SSSR count). The summed E-state index contributed by atoms with van der Waals surface area (Å²) in [7, 11) is 0. The predicted octanol–water partition coefficient (Wildman–Crippen LogP) is 1.29. The van der Waals surface area contributed by atoms with Gasteiger partial charge in [0.2, 0.25) is 5.91 Å². The Morgan fingerprint density at radius 2 is 2.00 bits per heavy atom. The molecule has 118 valence electrons. The Hall–Kier alpha value is -1.96.